The molecular formula is C21H24N4. The predicted molar refractivity (Wildman–Crippen MR) is 104 cm³/mol. The SMILES string of the molecule is CCN(Cc1ccccc1)c1nccc(N(C)Cc2ccccc2)n1. The lowest BCUT2D eigenvalue weighted by Crippen LogP contribution is -2.25. The second-order valence-electron chi connectivity index (χ2n) is 6.06. The fourth-order valence-electron chi connectivity index (χ4n) is 2.77. The van der Waals surface area contributed by atoms with Crippen LogP contribution in [0.3, 0.4) is 0 Å². The van der Waals surface area contributed by atoms with Gasteiger partial charge in [0.15, 0.2) is 0 Å². The molecule has 1 aromatic heterocycles. The highest BCUT2D eigenvalue weighted by molar-refractivity contribution is 5.44. The lowest BCUT2D eigenvalue weighted by Gasteiger charge is -2.23. The minimum absolute atomic E-state index is 0.767. The Morgan fingerprint density at radius 2 is 1.40 bits per heavy atom. The van der Waals surface area contributed by atoms with Gasteiger partial charge in [0.25, 0.3) is 0 Å². The summed E-state index contributed by atoms with van der Waals surface area (Å²) in [6.07, 6.45) is 1.84. The zero-order chi connectivity index (χ0) is 17.5. The topological polar surface area (TPSA) is 32.3 Å². The first kappa shape index (κ1) is 17.0. The Morgan fingerprint density at radius 1 is 0.800 bits per heavy atom. The molecule has 0 aliphatic rings. The van der Waals surface area contributed by atoms with Crippen molar-refractivity contribution in [1.82, 2.24) is 9.97 Å². The first-order chi connectivity index (χ1) is 12.3. The van der Waals surface area contributed by atoms with E-state index >= 15 is 0 Å². The quantitative estimate of drug-likeness (QED) is 0.651. The van der Waals surface area contributed by atoms with E-state index in [9.17, 15) is 0 Å². The van der Waals surface area contributed by atoms with E-state index in [-0.39, 0.29) is 0 Å². The van der Waals surface area contributed by atoms with Crippen LogP contribution in [-0.2, 0) is 13.1 Å². The Kier molecular flexibility index (Phi) is 5.62. The molecule has 0 N–H and O–H groups in total. The molecule has 4 nitrogen and oxygen atoms in total. The van der Waals surface area contributed by atoms with E-state index in [0.29, 0.717) is 0 Å². The largest absolute Gasteiger partial charge is 0.355 e. The average molecular weight is 332 g/mol. The second kappa shape index (κ2) is 8.29. The molecule has 3 rings (SSSR count). The van der Waals surface area contributed by atoms with Crippen molar-refractivity contribution in [2.24, 2.45) is 0 Å². The summed E-state index contributed by atoms with van der Waals surface area (Å²) in [6, 6.07) is 22.8. The summed E-state index contributed by atoms with van der Waals surface area (Å²) in [4.78, 5) is 13.6. The zero-order valence-electron chi connectivity index (χ0n) is 14.8. The van der Waals surface area contributed by atoms with Gasteiger partial charge in [0, 0.05) is 32.9 Å². The van der Waals surface area contributed by atoms with Crippen molar-refractivity contribution in [3.8, 4) is 0 Å². The number of benzene rings is 2. The fraction of sp³-hybridized carbons (Fsp3) is 0.238. The van der Waals surface area contributed by atoms with E-state index in [1.54, 1.807) is 0 Å². The van der Waals surface area contributed by atoms with Crippen LogP contribution >= 0.6 is 0 Å². The monoisotopic (exact) mass is 332 g/mol. The van der Waals surface area contributed by atoms with Crippen LogP contribution < -0.4 is 9.80 Å². The number of nitrogens with zero attached hydrogens (tertiary/aromatic N) is 4. The van der Waals surface area contributed by atoms with Gasteiger partial charge in [0.05, 0.1) is 0 Å². The van der Waals surface area contributed by atoms with Gasteiger partial charge in [-0.25, -0.2) is 4.98 Å². The van der Waals surface area contributed by atoms with Gasteiger partial charge in [-0.2, -0.15) is 4.98 Å². The molecule has 25 heavy (non-hydrogen) atoms. The van der Waals surface area contributed by atoms with Crippen LogP contribution in [0.5, 0.6) is 0 Å². The molecule has 0 atom stereocenters. The summed E-state index contributed by atoms with van der Waals surface area (Å²) >= 11 is 0. The van der Waals surface area contributed by atoms with E-state index in [1.807, 2.05) is 24.4 Å². The highest BCUT2D eigenvalue weighted by Gasteiger charge is 2.11. The van der Waals surface area contributed by atoms with Crippen LogP contribution in [0.25, 0.3) is 0 Å². The van der Waals surface area contributed by atoms with Crippen molar-refractivity contribution in [3.63, 3.8) is 0 Å². The van der Waals surface area contributed by atoms with Gasteiger partial charge in [-0.1, -0.05) is 60.7 Å². The first-order valence-corrected chi connectivity index (χ1v) is 8.63. The molecule has 4 heteroatoms. The molecule has 0 aliphatic carbocycles. The number of hydrogen-bond donors (Lipinski definition) is 0. The zero-order valence-corrected chi connectivity index (χ0v) is 14.8. The van der Waals surface area contributed by atoms with E-state index in [4.69, 9.17) is 4.98 Å². The van der Waals surface area contributed by atoms with Crippen molar-refractivity contribution in [2.75, 3.05) is 23.4 Å². The molecule has 0 radical (unpaired) electrons. The first-order valence-electron chi connectivity index (χ1n) is 8.63. The minimum atomic E-state index is 0.767. The van der Waals surface area contributed by atoms with Gasteiger partial charge in [-0.3, -0.25) is 0 Å². The van der Waals surface area contributed by atoms with Crippen LogP contribution in [0.4, 0.5) is 11.8 Å². The summed E-state index contributed by atoms with van der Waals surface area (Å²) in [5, 5.41) is 0. The van der Waals surface area contributed by atoms with Crippen molar-refractivity contribution in [2.45, 2.75) is 20.0 Å². The molecule has 0 amide bonds. The van der Waals surface area contributed by atoms with Crippen molar-refractivity contribution in [3.05, 3.63) is 84.1 Å². The van der Waals surface area contributed by atoms with Crippen LogP contribution in [0.1, 0.15) is 18.1 Å². The van der Waals surface area contributed by atoms with E-state index in [0.717, 1.165) is 31.4 Å². The van der Waals surface area contributed by atoms with E-state index < -0.39 is 0 Å². The van der Waals surface area contributed by atoms with Crippen molar-refractivity contribution < 1.29 is 0 Å². The molecule has 2 aromatic carbocycles. The molecule has 0 bridgehead atoms. The normalized spacial score (nSPS) is 10.5. The summed E-state index contributed by atoms with van der Waals surface area (Å²) in [6.45, 7) is 4.62. The Morgan fingerprint density at radius 3 is 2.00 bits per heavy atom. The number of hydrogen-bond acceptors (Lipinski definition) is 4. The number of aromatic nitrogens is 2. The van der Waals surface area contributed by atoms with Crippen LogP contribution in [-0.4, -0.2) is 23.6 Å². The van der Waals surface area contributed by atoms with Gasteiger partial charge < -0.3 is 9.80 Å². The van der Waals surface area contributed by atoms with Gasteiger partial charge in [0.1, 0.15) is 5.82 Å². The Labute approximate surface area is 149 Å². The molecule has 0 aliphatic heterocycles. The number of rotatable bonds is 7. The Hall–Kier alpha value is -2.88. The highest BCUT2D eigenvalue weighted by Crippen LogP contribution is 2.17. The molecule has 0 unspecified atom stereocenters. The Balaban J connectivity index is 1.75. The third kappa shape index (κ3) is 4.57. The summed E-state index contributed by atoms with van der Waals surface area (Å²) in [5.74, 6) is 1.70. The van der Waals surface area contributed by atoms with Crippen LogP contribution in [0.2, 0.25) is 0 Å². The van der Waals surface area contributed by atoms with Gasteiger partial charge in [0.2, 0.25) is 5.95 Å². The maximum absolute atomic E-state index is 4.78. The third-order valence-electron chi connectivity index (χ3n) is 4.16. The van der Waals surface area contributed by atoms with Gasteiger partial charge in [-0.15, -0.1) is 0 Å². The lowest BCUT2D eigenvalue weighted by atomic mass is 10.2. The summed E-state index contributed by atoms with van der Waals surface area (Å²) in [5.41, 5.74) is 2.53. The minimum Gasteiger partial charge on any atom is -0.355 e. The molecule has 0 spiro atoms. The third-order valence-corrected chi connectivity index (χ3v) is 4.16. The van der Waals surface area contributed by atoms with E-state index in [2.05, 4.69) is 77.3 Å². The molecule has 3 aromatic rings. The molecule has 0 saturated carbocycles. The van der Waals surface area contributed by atoms with Gasteiger partial charge in [-0.05, 0) is 24.1 Å². The van der Waals surface area contributed by atoms with Crippen molar-refractivity contribution >= 4 is 11.8 Å². The molecule has 0 fully saturated rings. The molecule has 128 valence electrons. The smallest absolute Gasteiger partial charge is 0.227 e. The maximum Gasteiger partial charge on any atom is 0.227 e. The fourth-order valence-corrected chi connectivity index (χ4v) is 2.77. The highest BCUT2D eigenvalue weighted by atomic mass is 15.3. The van der Waals surface area contributed by atoms with Crippen LogP contribution in [0, 0.1) is 0 Å². The van der Waals surface area contributed by atoms with Crippen LogP contribution in [0.15, 0.2) is 72.9 Å². The lowest BCUT2D eigenvalue weighted by molar-refractivity contribution is 0.784. The summed E-state index contributed by atoms with van der Waals surface area (Å²) < 4.78 is 0. The average Bonchev–Trinajstić information content (AvgIpc) is 2.68. The van der Waals surface area contributed by atoms with E-state index in [1.165, 1.54) is 11.1 Å². The standard InChI is InChI=1S/C21H24N4/c1-3-25(17-19-12-8-5-9-13-19)21-22-15-14-20(23-21)24(2)16-18-10-6-4-7-11-18/h4-15H,3,16-17H2,1-2H3. The molecular weight excluding hydrogens is 308 g/mol. The predicted octanol–water partition coefficient (Wildman–Crippen LogP) is 4.14. The molecule has 0 saturated heterocycles. The molecule has 1 heterocycles. The van der Waals surface area contributed by atoms with Gasteiger partial charge >= 0.3 is 0 Å². The Bertz CT molecular complexity index is 774. The maximum atomic E-state index is 4.78. The second-order valence-corrected chi connectivity index (χ2v) is 6.06. The van der Waals surface area contributed by atoms with Crippen molar-refractivity contribution in [1.29, 1.82) is 0 Å². The summed E-state index contributed by atoms with van der Waals surface area (Å²) in [7, 11) is 2.06. The number of anilines is 2.